The summed E-state index contributed by atoms with van der Waals surface area (Å²) in [6.07, 6.45) is 0. The predicted octanol–water partition coefficient (Wildman–Crippen LogP) is 3.70. The minimum atomic E-state index is -0.488. The van der Waals surface area contributed by atoms with Gasteiger partial charge >= 0.3 is 5.97 Å². The van der Waals surface area contributed by atoms with Gasteiger partial charge in [0.15, 0.2) is 4.88 Å². The first kappa shape index (κ1) is 14.3. The second-order valence-electron chi connectivity index (χ2n) is 4.52. The third-order valence-electron chi connectivity index (χ3n) is 3.00. The molecule has 1 heterocycles. The highest BCUT2D eigenvalue weighted by Gasteiger charge is 2.19. The average molecular weight is 314 g/mol. The van der Waals surface area contributed by atoms with E-state index in [4.69, 9.17) is 4.74 Å². The van der Waals surface area contributed by atoms with Crippen LogP contribution in [-0.4, -0.2) is 15.6 Å². The van der Waals surface area contributed by atoms with Crippen molar-refractivity contribution in [1.29, 1.82) is 0 Å². The molecule has 0 bridgehead atoms. The first-order valence-corrected chi connectivity index (χ1v) is 7.31. The Balaban J connectivity index is 1.76. The Morgan fingerprint density at radius 1 is 1.09 bits per heavy atom. The zero-order valence-corrected chi connectivity index (χ0v) is 12.2. The van der Waals surface area contributed by atoms with Crippen LogP contribution in [0.2, 0.25) is 0 Å². The topological polar surface area (TPSA) is 52.1 Å². The van der Waals surface area contributed by atoms with E-state index in [0.29, 0.717) is 16.1 Å². The molecule has 3 aromatic rings. The van der Waals surface area contributed by atoms with Gasteiger partial charge in [-0.1, -0.05) is 34.8 Å². The number of halogens is 1. The van der Waals surface area contributed by atoms with Crippen molar-refractivity contribution in [2.24, 2.45) is 0 Å². The molecule has 0 spiro atoms. The number of hydrogen-bond donors (Lipinski definition) is 0. The summed E-state index contributed by atoms with van der Waals surface area (Å²) in [5.41, 5.74) is 1.93. The number of carbonyl (C=O) groups excluding carboxylic acids is 1. The van der Waals surface area contributed by atoms with Crippen molar-refractivity contribution < 1.29 is 13.9 Å². The van der Waals surface area contributed by atoms with Crippen molar-refractivity contribution in [3.63, 3.8) is 0 Å². The van der Waals surface area contributed by atoms with E-state index in [1.54, 1.807) is 12.1 Å². The van der Waals surface area contributed by atoms with Gasteiger partial charge in [-0.25, -0.2) is 9.18 Å². The lowest BCUT2D eigenvalue weighted by Gasteiger charge is -2.04. The van der Waals surface area contributed by atoms with Gasteiger partial charge in [0.05, 0.1) is 0 Å². The summed E-state index contributed by atoms with van der Waals surface area (Å²) < 4.78 is 22.0. The van der Waals surface area contributed by atoms with Gasteiger partial charge in [-0.05, 0) is 41.4 Å². The Bertz CT molecular complexity index is 772. The monoisotopic (exact) mass is 314 g/mol. The van der Waals surface area contributed by atoms with Gasteiger partial charge in [0.2, 0.25) is 0 Å². The van der Waals surface area contributed by atoms with Crippen molar-refractivity contribution in [3.8, 4) is 11.3 Å². The fraction of sp³-hybridized carbons (Fsp3) is 0.0625. The first-order valence-electron chi connectivity index (χ1n) is 6.53. The fourth-order valence-corrected chi connectivity index (χ4v) is 2.49. The molecule has 110 valence electrons. The predicted molar refractivity (Wildman–Crippen MR) is 80.9 cm³/mol. The van der Waals surface area contributed by atoms with Crippen molar-refractivity contribution in [1.82, 2.24) is 9.59 Å². The molecule has 0 aliphatic rings. The van der Waals surface area contributed by atoms with Gasteiger partial charge in [-0.3, -0.25) is 0 Å². The van der Waals surface area contributed by atoms with E-state index in [1.165, 1.54) is 12.1 Å². The number of esters is 1. The Kier molecular flexibility index (Phi) is 4.20. The molecule has 0 aliphatic carbocycles. The van der Waals surface area contributed by atoms with Crippen LogP contribution in [0.4, 0.5) is 4.39 Å². The Morgan fingerprint density at radius 3 is 2.55 bits per heavy atom. The van der Waals surface area contributed by atoms with Crippen LogP contribution >= 0.6 is 11.5 Å². The zero-order valence-electron chi connectivity index (χ0n) is 11.4. The van der Waals surface area contributed by atoms with Crippen LogP contribution in [0.15, 0.2) is 54.6 Å². The van der Waals surface area contributed by atoms with Gasteiger partial charge in [0.25, 0.3) is 0 Å². The quantitative estimate of drug-likeness (QED) is 0.689. The summed E-state index contributed by atoms with van der Waals surface area (Å²) in [5.74, 6) is -0.835. The van der Waals surface area contributed by atoms with E-state index in [-0.39, 0.29) is 12.4 Å². The molecule has 0 atom stereocenters. The van der Waals surface area contributed by atoms with Crippen LogP contribution in [0.3, 0.4) is 0 Å². The molecule has 0 aliphatic heterocycles. The number of carbonyl (C=O) groups is 1. The van der Waals surface area contributed by atoms with Gasteiger partial charge in [0.1, 0.15) is 18.1 Å². The van der Waals surface area contributed by atoms with E-state index < -0.39 is 5.97 Å². The fourth-order valence-electron chi connectivity index (χ4n) is 1.91. The Hall–Kier alpha value is -2.60. The molecule has 22 heavy (non-hydrogen) atoms. The molecule has 0 amide bonds. The SMILES string of the molecule is O=C(OCc1ccccc1)c1snnc1-c1ccc(F)cc1. The van der Waals surface area contributed by atoms with Crippen molar-refractivity contribution in [2.75, 3.05) is 0 Å². The molecule has 2 aromatic carbocycles. The molecule has 6 heteroatoms. The molecular weight excluding hydrogens is 303 g/mol. The third kappa shape index (κ3) is 3.17. The van der Waals surface area contributed by atoms with Crippen LogP contribution in [0.1, 0.15) is 15.2 Å². The molecule has 3 rings (SSSR count). The minimum absolute atomic E-state index is 0.181. The maximum Gasteiger partial charge on any atom is 0.352 e. The van der Waals surface area contributed by atoms with Crippen molar-refractivity contribution in [2.45, 2.75) is 6.61 Å². The smallest absolute Gasteiger partial charge is 0.352 e. The molecule has 4 nitrogen and oxygen atoms in total. The number of benzene rings is 2. The van der Waals surface area contributed by atoms with Crippen LogP contribution in [0, 0.1) is 5.82 Å². The molecule has 0 N–H and O–H groups in total. The lowest BCUT2D eigenvalue weighted by molar-refractivity contribution is 0.0479. The summed E-state index contributed by atoms with van der Waals surface area (Å²) in [5, 5.41) is 3.94. The number of ether oxygens (including phenoxy) is 1. The van der Waals surface area contributed by atoms with Gasteiger partial charge in [-0.2, -0.15) is 0 Å². The van der Waals surface area contributed by atoms with Crippen LogP contribution in [-0.2, 0) is 11.3 Å². The van der Waals surface area contributed by atoms with Crippen LogP contribution in [0.5, 0.6) is 0 Å². The Labute approximate surface area is 130 Å². The molecule has 0 saturated heterocycles. The maximum absolute atomic E-state index is 13.0. The van der Waals surface area contributed by atoms with Gasteiger partial charge < -0.3 is 4.74 Å². The van der Waals surface area contributed by atoms with Crippen molar-refractivity contribution >= 4 is 17.5 Å². The molecule has 0 fully saturated rings. The van der Waals surface area contributed by atoms with E-state index in [0.717, 1.165) is 17.1 Å². The van der Waals surface area contributed by atoms with E-state index >= 15 is 0 Å². The van der Waals surface area contributed by atoms with E-state index in [9.17, 15) is 9.18 Å². The molecule has 0 radical (unpaired) electrons. The highest BCUT2D eigenvalue weighted by Crippen LogP contribution is 2.25. The molecular formula is C16H11FN2O2S. The van der Waals surface area contributed by atoms with Gasteiger partial charge in [0, 0.05) is 5.56 Å². The lowest BCUT2D eigenvalue weighted by atomic mass is 10.1. The summed E-state index contributed by atoms with van der Waals surface area (Å²) in [6, 6.07) is 15.1. The zero-order chi connectivity index (χ0) is 15.4. The van der Waals surface area contributed by atoms with E-state index in [2.05, 4.69) is 9.59 Å². The maximum atomic E-state index is 13.0. The largest absolute Gasteiger partial charge is 0.457 e. The molecule has 0 unspecified atom stereocenters. The number of nitrogens with zero attached hydrogens (tertiary/aromatic N) is 2. The van der Waals surface area contributed by atoms with Gasteiger partial charge in [-0.15, -0.1) is 5.10 Å². The normalized spacial score (nSPS) is 10.4. The summed E-state index contributed by atoms with van der Waals surface area (Å²) in [4.78, 5) is 12.5. The van der Waals surface area contributed by atoms with E-state index in [1.807, 2.05) is 30.3 Å². The summed E-state index contributed by atoms with van der Waals surface area (Å²) in [7, 11) is 0. The summed E-state index contributed by atoms with van der Waals surface area (Å²) >= 11 is 0.962. The standard InChI is InChI=1S/C16H11FN2O2S/c17-13-8-6-12(7-9-13)14-15(22-19-18-14)16(20)21-10-11-4-2-1-3-5-11/h1-9H,10H2. The second-order valence-corrected chi connectivity index (χ2v) is 5.27. The third-order valence-corrected chi connectivity index (χ3v) is 3.71. The number of rotatable bonds is 4. The highest BCUT2D eigenvalue weighted by atomic mass is 32.1. The minimum Gasteiger partial charge on any atom is -0.457 e. The number of hydrogen-bond acceptors (Lipinski definition) is 5. The average Bonchev–Trinajstić information content (AvgIpc) is 3.04. The van der Waals surface area contributed by atoms with Crippen LogP contribution < -0.4 is 0 Å². The Morgan fingerprint density at radius 2 is 1.82 bits per heavy atom. The molecule has 1 aromatic heterocycles. The van der Waals surface area contributed by atoms with Crippen molar-refractivity contribution in [3.05, 3.63) is 70.9 Å². The summed E-state index contributed by atoms with van der Waals surface area (Å²) in [6.45, 7) is 0.181. The highest BCUT2D eigenvalue weighted by molar-refractivity contribution is 7.08. The van der Waals surface area contributed by atoms with Crippen LogP contribution in [0.25, 0.3) is 11.3 Å². The number of aromatic nitrogens is 2. The first-order chi connectivity index (χ1) is 10.7. The lowest BCUT2D eigenvalue weighted by Crippen LogP contribution is -2.04. The second kappa shape index (κ2) is 6.44. The molecule has 0 saturated carbocycles.